The first-order valence-corrected chi connectivity index (χ1v) is 6.58. The van der Waals surface area contributed by atoms with Crippen LogP contribution in [0.4, 0.5) is 0 Å². The summed E-state index contributed by atoms with van der Waals surface area (Å²) in [6, 6.07) is 0. The minimum absolute atomic E-state index is 0.0161. The lowest BCUT2D eigenvalue weighted by molar-refractivity contribution is -0.118. The zero-order chi connectivity index (χ0) is 13.8. The highest BCUT2D eigenvalue weighted by atomic mass is 32.2. The summed E-state index contributed by atoms with van der Waals surface area (Å²) < 4.78 is 31.5. The lowest BCUT2D eigenvalue weighted by atomic mass is 10.6. The van der Waals surface area contributed by atoms with Gasteiger partial charge in [-0.1, -0.05) is 0 Å². The van der Waals surface area contributed by atoms with Gasteiger partial charge in [-0.25, -0.2) is 8.42 Å². The highest BCUT2D eigenvalue weighted by Crippen LogP contribution is 2.13. The van der Waals surface area contributed by atoms with Crippen molar-refractivity contribution in [2.24, 2.45) is 12.8 Å². The van der Waals surface area contributed by atoms with Gasteiger partial charge in [-0.15, -0.1) is 0 Å². The highest BCUT2D eigenvalue weighted by molar-refractivity contribution is 7.89. The standard InChI is InChI=1S/C9H16N4O4S/c1-12-6-8(5-11-12)18(15,16)13(3-4-17-2)7-9(10)14/h5-6H,3-4,7H2,1-2H3,(H2,10,14). The zero-order valence-electron chi connectivity index (χ0n) is 10.2. The molecule has 0 spiro atoms. The number of methoxy groups -OCH3 is 1. The summed E-state index contributed by atoms with van der Waals surface area (Å²) in [5.41, 5.74) is 5.04. The highest BCUT2D eigenvalue weighted by Gasteiger charge is 2.26. The Morgan fingerprint density at radius 1 is 1.61 bits per heavy atom. The van der Waals surface area contributed by atoms with Crippen molar-refractivity contribution in [3.63, 3.8) is 0 Å². The van der Waals surface area contributed by atoms with E-state index in [9.17, 15) is 13.2 Å². The molecule has 8 nitrogen and oxygen atoms in total. The van der Waals surface area contributed by atoms with Crippen molar-refractivity contribution >= 4 is 15.9 Å². The Morgan fingerprint density at radius 2 is 2.28 bits per heavy atom. The van der Waals surface area contributed by atoms with Crippen molar-refractivity contribution in [1.29, 1.82) is 0 Å². The third-order valence-corrected chi connectivity index (χ3v) is 3.99. The minimum Gasteiger partial charge on any atom is -0.383 e. The lowest BCUT2D eigenvalue weighted by Gasteiger charge is -2.19. The summed E-state index contributed by atoms with van der Waals surface area (Å²) in [6.45, 7) is -0.163. The third kappa shape index (κ3) is 3.52. The molecule has 102 valence electrons. The normalized spacial score (nSPS) is 11.9. The molecule has 1 heterocycles. The van der Waals surface area contributed by atoms with Crippen molar-refractivity contribution in [3.8, 4) is 0 Å². The second-order valence-electron chi connectivity index (χ2n) is 3.65. The molecule has 1 amide bonds. The number of nitrogens with zero attached hydrogens (tertiary/aromatic N) is 3. The maximum absolute atomic E-state index is 12.2. The molecule has 0 atom stereocenters. The van der Waals surface area contributed by atoms with E-state index >= 15 is 0 Å². The minimum atomic E-state index is -3.78. The van der Waals surface area contributed by atoms with Crippen LogP contribution in [-0.2, 0) is 26.6 Å². The maximum atomic E-state index is 12.2. The molecular formula is C9H16N4O4S. The second-order valence-corrected chi connectivity index (χ2v) is 5.59. The van der Waals surface area contributed by atoms with Crippen LogP contribution in [0, 0.1) is 0 Å². The summed E-state index contributed by atoms with van der Waals surface area (Å²) >= 11 is 0. The molecule has 0 aliphatic heterocycles. The number of rotatable bonds is 7. The first-order chi connectivity index (χ1) is 8.37. The molecule has 1 aromatic heterocycles. The summed E-state index contributed by atoms with van der Waals surface area (Å²) in [7, 11) is -0.731. The molecule has 18 heavy (non-hydrogen) atoms. The Balaban J connectivity index is 2.98. The summed E-state index contributed by atoms with van der Waals surface area (Å²) in [4.78, 5) is 10.9. The van der Waals surface area contributed by atoms with E-state index < -0.39 is 15.9 Å². The lowest BCUT2D eigenvalue weighted by Crippen LogP contribution is -2.40. The number of carbonyl (C=O) groups excluding carboxylic acids is 1. The Morgan fingerprint density at radius 3 is 2.72 bits per heavy atom. The van der Waals surface area contributed by atoms with E-state index in [0.717, 1.165) is 4.31 Å². The molecule has 1 aromatic rings. The molecule has 0 saturated carbocycles. The molecular weight excluding hydrogens is 260 g/mol. The molecule has 0 saturated heterocycles. The fourth-order valence-corrected chi connectivity index (χ4v) is 2.71. The number of hydrogen-bond donors (Lipinski definition) is 1. The van der Waals surface area contributed by atoms with Crippen LogP contribution < -0.4 is 5.73 Å². The molecule has 0 aliphatic rings. The molecule has 0 fully saturated rings. The van der Waals surface area contributed by atoms with E-state index in [1.807, 2.05) is 0 Å². The van der Waals surface area contributed by atoms with Crippen molar-refractivity contribution in [2.45, 2.75) is 4.90 Å². The fourth-order valence-electron chi connectivity index (χ4n) is 1.33. The molecule has 0 radical (unpaired) electrons. The van der Waals surface area contributed by atoms with Gasteiger partial charge in [-0.3, -0.25) is 9.48 Å². The molecule has 2 N–H and O–H groups in total. The molecule has 9 heteroatoms. The van der Waals surface area contributed by atoms with Crippen LogP contribution in [0.2, 0.25) is 0 Å². The maximum Gasteiger partial charge on any atom is 0.246 e. The fraction of sp³-hybridized carbons (Fsp3) is 0.556. The van der Waals surface area contributed by atoms with Gasteiger partial charge >= 0.3 is 0 Å². The number of aromatic nitrogens is 2. The van der Waals surface area contributed by atoms with E-state index in [2.05, 4.69) is 5.10 Å². The largest absolute Gasteiger partial charge is 0.383 e. The average molecular weight is 276 g/mol. The summed E-state index contributed by atoms with van der Waals surface area (Å²) in [6.07, 6.45) is 2.58. The van der Waals surface area contributed by atoms with Crippen LogP contribution in [0.25, 0.3) is 0 Å². The molecule has 0 aliphatic carbocycles. The van der Waals surface area contributed by atoms with Gasteiger partial charge in [0.15, 0.2) is 0 Å². The van der Waals surface area contributed by atoms with Crippen molar-refractivity contribution in [3.05, 3.63) is 12.4 Å². The van der Waals surface area contributed by atoms with Crippen LogP contribution in [0.5, 0.6) is 0 Å². The summed E-state index contributed by atoms with van der Waals surface area (Å²) in [5.74, 6) is -0.724. The molecule has 0 bridgehead atoms. The quantitative estimate of drug-likeness (QED) is 0.655. The van der Waals surface area contributed by atoms with Gasteiger partial charge in [-0.2, -0.15) is 9.40 Å². The average Bonchev–Trinajstić information content (AvgIpc) is 2.71. The van der Waals surface area contributed by atoms with E-state index in [4.69, 9.17) is 10.5 Å². The van der Waals surface area contributed by atoms with Crippen LogP contribution in [0.15, 0.2) is 17.3 Å². The van der Waals surface area contributed by atoms with Gasteiger partial charge in [0, 0.05) is 26.9 Å². The number of amides is 1. The van der Waals surface area contributed by atoms with Crippen LogP contribution >= 0.6 is 0 Å². The predicted octanol–water partition coefficient (Wildman–Crippen LogP) is -1.46. The number of primary amides is 1. The SMILES string of the molecule is COCCN(CC(N)=O)S(=O)(=O)c1cnn(C)c1. The number of nitrogens with two attached hydrogens (primary N) is 1. The summed E-state index contributed by atoms with van der Waals surface area (Å²) in [5, 5.41) is 3.79. The Labute approximate surface area is 105 Å². The number of carbonyl (C=O) groups is 1. The van der Waals surface area contributed by atoms with Crippen LogP contribution in [0.1, 0.15) is 0 Å². The third-order valence-electron chi connectivity index (χ3n) is 2.20. The number of sulfonamides is 1. The number of aryl methyl sites for hydroxylation is 1. The monoisotopic (exact) mass is 276 g/mol. The van der Waals surface area contributed by atoms with E-state index in [1.165, 1.54) is 24.2 Å². The van der Waals surface area contributed by atoms with Gasteiger partial charge in [0.05, 0.1) is 19.3 Å². The van der Waals surface area contributed by atoms with E-state index in [1.54, 1.807) is 7.05 Å². The van der Waals surface area contributed by atoms with Gasteiger partial charge in [0.2, 0.25) is 15.9 Å². The van der Waals surface area contributed by atoms with Gasteiger partial charge in [0.25, 0.3) is 0 Å². The Bertz CT molecular complexity index is 510. The topological polar surface area (TPSA) is 108 Å². The Hall–Kier alpha value is -1.45. The first kappa shape index (κ1) is 14.6. The van der Waals surface area contributed by atoms with Crippen molar-refractivity contribution in [1.82, 2.24) is 14.1 Å². The number of ether oxygens (including phenoxy) is 1. The molecule has 0 unspecified atom stereocenters. The predicted molar refractivity (Wildman–Crippen MR) is 63.0 cm³/mol. The molecule has 1 rings (SSSR count). The number of hydrogen-bond acceptors (Lipinski definition) is 5. The van der Waals surface area contributed by atoms with Gasteiger partial charge in [0.1, 0.15) is 4.90 Å². The van der Waals surface area contributed by atoms with Crippen LogP contribution in [-0.4, -0.2) is 55.2 Å². The van der Waals surface area contributed by atoms with Crippen molar-refractivity contribution < 1.29 is 17.9 Å². The van der Waals surface area contributed by atoms with Gasteiger partial charge < -0.3 is 10.5 Å². The van der Waals surface area contributed by atoms with Crippen molar-refractivity contribution in [2.75, 3.05) is 26.8 Å². The zero-order valence-corrected chi connectivity index (χ0v) is 11.1. The second kappa shape index (κ2) is 5.94. The van der Waals surface area contributed by atoms with E-state index in [-0.39, 0.29) is 24.6 Å². The molecule has 0 aromatic carbocycles. The first-order valence-electron chi connectivity index (χ1n) is 5.14. The van der Waals surface area contributed by atoms with Gasteiger partial charge in [-0.05, 0) is 0 Å². The Kier molecular flexibility index (Phi) is 4.82. The van der Waals surface area contributed by atoms with Crippen LogP contribution in [0.3, 0.4) is 0 Å². The van der Waals surface area contributed by atoms with E-state index in [0.29, 0.717) is 0 Å². The smallest absolute Gasteiger partial charge is 0.246 e.